The van der Waals surface area contributed by atoms with Gasteiger partial charge >= 0.3 is 0 Å². The molecule has 0 aliphatic heterocycles. The molecule has 0 bridgehead atoms. The normalized spacial score (nSPS) is 11.9. The summed E-state index contributed by atoms with van der Waals surface area (Å²) in [5, 5.41) is 14.8. The van der Waals surface area contributed by atoms with Crippen molar-refractivity contribution in [3.63, 3.8) is 0 Å². The highest BCUT2D eigenvalue weighted by molar-refractivity contribution is 7.92. The molecule has 0 saturated heterocycles. The molecule has 1 atom stereocenters. The first kappa shape index (κ1) is 31.6. The van der Waals surface area contributed by atoms with Crippen molar-refractivity contribution in [2.45, 2.75) is 50.6 Å². The van der Waals surface area contributed by atoms with Crippen LogP contribution in [0.3, 0.4) is 0 Å². The van der Waals surface area contributed by atoms with Gasteiger partial charge in [0.15, 0.2) is 0 Å². The molecule has 10 nitrogen and oxygen atoms in total. The zero-order valence-corrected chi connectivity index (χ0v) is 24.5. The topological polar surface area (TPSA) is 130 Å². The van der Waals surface area contributed by atoms with Crippen LogP contribution in [0.25, 0.3) is 0 Å². The standard InChI is InChI=1S/C29H33ClN4O6S/c1-3-5-18-31-29(36)27(4-2)32(20-22-14-16-23(30)17-15-22)28(35)21-33(24-10-9-11-25(19-24)34(37)38)41(39,40)26-12-7-6-8-13-26/h6-17,19,27H,3-5,18,20-21H2,1-2H3,(H,31,36). The molecule has 1 N–H and O–H groups in total. The molecule has 0 fully saturated rings. The third-order valence-corrected chi connectivity index (χ3v) is 8.46. The van der Waals surface area contributed by atoms with Crippen LogP contribution in [0.5, 0.6) is 0 Å². The number of nitro groups is 1. The Morgan fingerprint density at radius 2 is 1.68 bits per heavy atom. The number of nitrogens with zero attached hydrogens (tertiary/aromatic N) is 3. The first-order valence-electron chi connectivity index (χ1n) is 13.2. The fraction of sp³-hybridized carbons (Fsp3) is 0.310. The highest BCUT2D eigenvalue weighted by Gasteiger charge is 2.34. The molecule has 3 rings (SSSR count). The molecule has 218 valence electrons. The lowest BCUT2D eigenvalue weighted by atomic mass is 10.1. The van der Waals surface area contributed by atoms with E-state index in [9.17, 15) is 28.1 Å². The van der Waals surface area contributed by atoms with Gasteiger partial charge in [-0.05, 0) is 48.7 Å². The number of rotatable bonds is 14. The van der Waals surface area contributed by atoms with Crippen LogP contribution in [0, 0.1) is 10.1 Å². The Kier molecular flexibility index (Phi) is 11.2. The van der Waals surface area contributed by atoms with Gasteiger partial charge in [0.05, 0.1) is 15.5 Å². The van der Waals surface area contributed by atoms with Gasteiger partial charge in [0, 0.05) is 30.2 Å². The minimum absolute atomic E-state index is 0.0177. The van der Waals surface area contributed by atoms with Crippen molar-refractivity contribution in [1.29, 1.82) is 0 Å². The number of unbranched alkanes of at least 4 members (excludes halogenated alkanes) is 1. The van der Waals surface area contributed by atoms with E-state index in [4.69, 9.17) is 11.6 Å². The smallest absolute Gasteiger partial charge is 0.271 e. The van der Waals surface area contributed by atoms with Gasteiger partial charge in [0.25, 0.3) is 15.7 Å². The number of hydrogen-bond donors (Lipinski definition) is 1. The second-order valence-corrected chi connectivity index (χ2v) is 11.6. The van der Waals surface area contributed by atoms with E-state index in [1.165, 1.54) is 35.2 Å². The summed E-state index contributed by atoms with van der Waals surface area (Å²) in [5.74, 6) is -1.00. The number of benzene rings is 3. The number of non-ortho nitro benzene ring substituents is 1. The second kappa shape index (κ2) is 14.6. The molecule has 1 unspecified atom stereocenters. The molecule has 2 amide bonds. The highest BCUT2D eigenvalue weighted by Crippen LogP contribution is 2.28. The maximum Gasteiger partial charge on any atom is 0.271 e. The van der Waals surface area contributed by atoms with Gasteiger partial charge in [-0.3, -0.25) is 24.0 Å². The van der Waals surface area contributed by atoms with Crippen molar-refractivity contribution in [2.24, 2.45) is 0 Å². The molecule has 0 aliphatic carbocycles. The Morgan fingerprint density at radius 1 is 1.00 bits per heavy atom. The van der Waals surface area contributed by atoms with Crippen molar-refractivity contribution in [3.8, 4) is 0 Å². The average Bonchev–Trinajstić information content (AvgIpc) is 2.97. The fourth-order valence-electron chi connectivity index (χ4n) is 4.22. The van der Waals surface area contributed by atoms with Crippen molar-refractivity contribution < 1.29 is 22.9 Å². The number of nitrogens with one attached hydrogen (secondary N) is 1. The molecule has 41 heavy (non-hydrogen) atoms. The molecule has 0 saturated carbocycles. The first-order chi connectivity index (χ1) is 19.6. The van der Waals surface area contributed by atoms with E-state index in [1.54, 1.807) is 49.4 Å². The predicted molar refractivity (Wildman–Crippen MR) is 158 cm³/mol. The minimum atomic E-state index is -4.33. The first-order valence-corrected chi connectivity index (χ1v) is 15.0. The Morgan fingerprint density at radius 3 is 2.29 bits per heavy atom. The van der Waals surface area contributed by atoms with Crippen LogP contribution >= 0.6 is 11.6 Å². The van der Waals surface area contributed by atoms with E-state index < -0.39 is 33.4 Å². The van der Waals surface area contributed by atoms with Crippen LogP contribution in [-0.2, 0) is 26.2 Å². The average molecular weight is 601 g/mol. The zero-order chi connectivity index (χ0) is 30.0. The van der Waals surface area contributed by atoms with Gasteiger partial charge in [0.2, 0.25) is 11.8 Å². The summed E-state index contributed by atoms with van der Waals surface area (Å²) in [7, 11) is -4.33. The molecule has 0 aliphatic rings. The van der Waals surface area contributed by atoms with Gasteiger partial charge in [-0.25, -0.2) is 8.42 Å². The third-order valence-electron chi connectivity index (χ3n) is 6.42. The summed E-state index contributed by atoms with van der Waals surface area (Å²) in [5.41, 5.74) is 0.307. The van der Waals surface area contributed by atoms with Crippen LogP contribution in [0.2, 0.25) is 5.02 Å². The van der Waals surface area contributed by atoms with E-state index >= 15 is 0 Å². The molecule has 12 heteroatoms. The number of nitro benzene ring substituents is 1. The molecule has 3 aromatic carbocycles. The Labute approximate surface area is 245 Å². The maximum absolute atomic E-state index is 14.0. The number of carbonyl (C=O) groups is 2. The molecular weight excluding hydrogens is 568 g/mol. The van der Waals surface area contributed by atoms with Crippen molar-refractivity contribution in [1.82, 2.24) is 10.2 Å². The van der Waals surface area contributed by atoms with E-state index in [-0.39, 0.29) is 35.1 Å². The number of carbonyl (C=O) groups excluding carboxylic acids is 2. The SMILES string of the molecule is CCCCNC(=O)C(CC)N(Cc1ccc(Cl)cc1)C(=O)CN(c1cccc([N+](=O)[O-])c1)S(=O)(=O)c1ccccc1. The van der Waals surface area contributed by atoms with Crippen LogP contribution in [0.15, 0.2) is 83.8 Å². The van der Waals surface area contributed by atoms with Crippen LogP contribution < -0.4 is 9.62 Å². The van der Waals surface area contributed by atoms with Crippen LogP contribution in [0.4, 0.5) is 11.4 Å². The van der Waals surface area contributed by atoms with Crippen LogP contribution in [-0.4, -0.2) is 49.2 Å². The lowest BCUT2D eigenvalue weighted by Gasteiger charge is -2.33. The highest BCUT2D eigenvalue weighted by atomic mass is 35.5. The quantitative estimate of drug-likeness (QED) is 0.154. The lowest BCUT2D eigenvalue weighted by molar-refractivity contribution is -0.384. The van der Waals surface area contributed by atoms with Gasteiger partial charge in [0.1, 0.15) is 12.6 Å². The number of halogens is 1. The van der Waals surface area contributed by atoms with Crippen molar-refractivity contribution in [3.05, 3.63) is 99.6 Å². The third kappa shape index (κ3) is 8.27. The number of hydrogen-bond acceptors (Lipinski definition) is 6. The van der Waals surface area contributed by atoms with E-state index in [0.717, 1.165) is 23.2 Å². The summed E-state index contributed by atoms with van der Waals surface area (Å²) in [6.07, 6.45) is 1.92. The summed E-state index contributed by atoms with van der Waals surface area (Å²) in [6, 6.07) is 18.5. The number of amides is 2. The molecule has 0 spiro atoms. The summed E-state index contributed by atoms with van der Waals surface area (Å²) < 4.78 is 28.5. The Balaban J connectivity index is 2.06. The predicted octanol–water partition coefficient (Wildman–Crippen LogP) is 5.17. The Hall–Kier alpha value is -3.96. The largest absolute Gasteiger partial charge is 0.354 e. The van der Waals surface area contributed by atoms with Gasteiger partial charge < -0.3 is 10.2 Å². The van der Waals surface area contributed by atoms with Gasteiger partial charge in [-0.2, -0.15) is 0 Å². The van der Waals surface area contributed by atoms with Crippen LogP contribution in [0.1, 0.15) is 38.7 Å². The number of anilines is 1. The molecule has 0 radical (unpaired) electrons. The molecule has 0 heterocycles. The van der Waals surface area contributed by atoms with Crippen molar-refractivity contribution in [2.75, 3.05) is 17.4 Å². The molecule has 0 aromatic heterocycles. The van der Waals surface area contributed by atoms with Gasteiger partial charge in [-0.15, -0.1) is 0 Å². The zero-order valence-electron chi connectivity index (χ0n) is 22.9. The van der Waals surface area contributed by atoms with E-state index in [2.05, 4.69) is 5.32 Å². The molecule has 3 aromatic rings. The lowest BCUT2D eigenvalue weighted by Crippen LogP contribution is -2.52. The summed E-state index contributed by atoms with van der Waals surface area (Å²) in [6.45, 7) is 3.53. The van der Waals surface area contributed by atoms with E-state index in [1.807, 2.05) is 6.92 Å². The maximum atomic E-state index is 14.0. The molecular formula is C29H33ClN4O6S. The summed E-state index contributed by atoms with van der Waals surface area (Å²) in [4.78, 5) is 39.3. The summed E-state index contributed by atoms with van der Waals surface area (Å²) >= 11 is 6.04. The monoisotopic (exact) mass is 600 g/mol. The fourth-order valence-corrected chi connectivity index (χ4v) is 5.78. The van der Waals surface area contributed by atoms with Crippen molar-refractivity contribution >= 4 is 44.8 Å². The minimum Gasteiger partial charge on any atom is -0.354 e. The second-order valence-electron chi connectivity index (χ2n) is 9.32. The van der Waals surface area contributed by atoms with Gasteiger partial charge in [-0.1, -0.05) is 68.3 Å². The van der Waals surface area contributed by atoms with E-state index in [0.29, 0.717) is 17.1 Å². The Bertz CT molecular complexity index is 1450. The number of sulfonamides is 1.